The predicted molar refractivity (Wildman–Crippen MR) is 68.7 cm³/mol. The van der Waals surface area contributed by atoms with E-state index in [1.165, 1.54) is 18.2 Å². The van der Waals surface area contributed by atoms with Gasteiger partial charge in [0.2, 0.25) is 0 Å². The average molecular weight is 267 g/mol. The molecule has 1 aromatic heterocycles. The predicted octanol–water partition coefficient (Wildman–Crippen LogP) is 2.73. The SMILES string of the molecule is Nc1ccncc1CC(O)c1cc(Cl)ccc1F. The Morgan fingerprint density at radius 3 is 2.89 bits per heavy atom. The van der Waals surface area contributed by atoms with Gasteiger partial charge in [0.25, 0.3) is 0 Å². The molecule has 2 aromatic rings. The highest BCUT2D eigenvalue weighted by Gasteiger charge is 2.15. The summed E-state index contributed by atoms with van der Waals surface area (Å²) in [6.07, 6.45) is 2.30. The Hall–Kier alpha value is -1.65. The Balaban J connectivity index is 2.25. The van der Waals surface area contributed by atoms with Crippen molar-refractivity contribution in [3.63, 3.8) is 0 Å². The molecule has 0 aliphatic heterocycles. The molecule has 1 atom stereocenters. The Bertz CT molecular complexity index is 562. The van der Waals surface area contributed by atoms with E-state index < -0.39 is 11.9 Å². The van der Waals surface area contributed by atoms with Crippen molar-refractivity contribution < 1.29 is 9.50 Å². The van der Waals surface area contributed by atoms with Crippen LogP contribution in [-0.4, -0.2) is 10.1 Å². The van der Waals surface area contributed by atoms with Crippen LogP contribution in [0.4, 0.5) is 10.1 Å². The second kappa shape index (κ2) is 5.33. The van der Waals surface area contributed by atoms with Gasteiger partial charge in [0.15, 0.2) is 0 Å². The Labute approximate surface area is 109 Å². The molecule has 3 N–H and O–H groups in total. The number of nitrogens with two attached hydrogens (primary N) is 1. The van der Waals surface area contributed by atoms with Crippen LogP contribution in [0.15, 0.2) is 36.7 Å². The second-order valence-electron chi connectivity index (χ2n) is 3.96. The van der Waals surface area contributed by atoms with E-state index in [1.807, 2.05) is 0 Å². The molecular formula is C13H12ClFN2O. The van der Waals surface area contributed by atoms with Crippen LogP contribution >= 0.6 is 11.6 Å². The highest BCUT2D eigenvalue weighted by molar-refractivity contribution is 6.30. The van der Waals surface area contributed by atoms with E-state index in [2.05, 4.69) is 4.98 Å². The van der Waals surface area contributed by atoms with Gasteiger partial charge in [-0.1, -0.05) is 11.6 Å². The summed E-state index contributed by atoms with van der Waals surface area (Å²) in [6, 6.07) is 5.71. The number of aliphatic hydroxyl groups excluding tert-OH is 1. The van der Waals surface area contributed by atoms with Gasteiger partial charge in [0.05, 0.1) is 6.10 Å². The molecule has 3 nitrogen and oxygen atoms in total. The van der Waals surface area contributed by atoms with E-state index in [9.17, 15) is 9.50 Å². The van der Waals surface area contributed by atoms with Gasteiger partial charge < -0.3 is 10.8 Å². The summed E-state index contributed by atoms with van der Waals surface area (Å²) in [7, 11) is 0. The van der Waals surface area contributed by atoms with E-state index in [-0.39, 0.29) is 12.0 Å². The largest absolute Gasteiger partial charge is 0.398 e. The first kappa shape index (κ1) is 12.8. The van der Waals surface area contributed by atoms with Crippen LogP contribution in [0.5, 0.6) is 0 Å². The molecule has 0 aliphatic rings. The average Bonchev–Trinajstić information content (AvgIpc) is 2.35. The summed E-state index contributed by atoms with van der Waals surface area (Å²) < 4.78 is 13.6. The summed E-state index contributed by atoms with van der Waals surface area (Å²) in [5.74, 6) is -0.491. The smallest absolute Gasteiger partial charge is 0.129 e. The van der Waals surface area contributed by atoms with Gasteiger partial charge in [0.1, 0.15) is 5.82 Å². The molecule has 1 aromatic carbocycles. The molecule has 2 rings (SSSR count). The third-order valence-corrected chi connectivity index (χ3v) is 2.91. The lowest BCUT2D eigenvalue weighted by molar-refractivity contribution is 0.173. The molecule has 94 valence electrons. The molecule has 1 heterocycles. The van der Waals surface area contributed by atoms with E-state index in [4.69, 9.17) is 17.3 Å². The number of pyridine rings is 1. The minimum atomic E-state index is -1.00. The molecule has 0 saturated heterocycles. The van der Waals surface area contributed by atoms with E-state index in [0.717, 1.165) is 0 Å². The monoisotopic (exact) mass is 266 g/mol. The first-order chi connectivity index (χ1) is 8.58. The van der Waals surface area contributed by atoms with Crippen molar-refractivity contribution in [2.24, 2.45) is 0 Å². The Kier molecular flexibility index (Phi) is 3.79. The topological polar surface area (TPSA) is 59.1 Å². The lowest BCUT2D eigenvalue weighted by Crippen LogP contribution is -2.06. The van der Waals surface area contributed by atoms with E-state index in [1.54, 1.807) is 18.5 Å². The van der Waals surface area contributed by atoms with Gasteiger partial charge in [-0.15, -0.1) is 0 Å². The molecule has 0 spiro atoms. The number of hydrogen-bond donors (Lipinski definition) is 2. The van der Waals surface area contributed by atoms with E-state index in [0.29, 0.717) is 16.3 Å². The summed E-state index contributed by atoms with van der Waals surface area (Å²) in [6.45, 7) is 0. The zero-order chi connectivity index (χ0) is 13.1. The summed E-state index contributed by atoms with van der Waals surface area (Å²) in [5, 5.41) is 10.4. The van der Waals surface area contributed by atoms with Gasteiger partial charge >= 0.3 is 0 Å². The first-order valence-electron chi connectivity index (χ1n) is 5.39. The summed E-state index contributed by atoms with van der Waals surface area (Å²) in [5.41, 5.74) is 7.09. The van der Waals surface area contributed by atoms with Crippen LogP contribution in [0.3, 0.4) is 0 Å². The number of benzene rings is 1. The van der Waals surface area contributed by atoms with Gasteiger partial charge in [-0.3, -0.25) is 4.98 Å². The van der Waals surface area contributed by atoms with Crippen molar-refractivity contribution >= 4 is 17.3 Å². The number of rotatable bonds is 3. The number of nitrogens with zero attached hydrogens (tertiary/aromatic N) is 1. The second-order valence-corrected chi connectivity index (χ2v) is 4.40. The highest BCUT2D eigenvalue weighted by Crippen LogP contribution is 2.25. The summed E-state index contributed by atoms with van der Waals surface area (Å²) in [4.78, 5) is 3.92. The quantitative estimate of drug-likeness (QED) is 0.898. The highest BCUT2D eigenvalue weighted by atomic mass is 35.5. The molecule has 18 heavy (non-hydrogen) atoms. The zero-order valence-corrected chi connectivity index (χ0v) is 10.2. The molecule has 1 unspecified atom stereocenters. The standard InChI is InChI=1S/C13H12ClFN2O/c14-9-1-2-11(15)10(6-9)13(18)5-8-7-17-4-3-12(8)16/h1-4,6-7,13,18H,5H2,(H2,16,17). The molecule has 5 heteroatoms. The van der Waals surface area contributed by atoms with Gasteiger partial charge in [-0.05, 0) is 29.8 Å². The number of nitrogen functional groups attached to an aromatic ring is 1. The van der Waals surface area contributed by atoms with Crippen LogP contribution in [0.1, 0.15) is 17.2 Å². The molecule has 0 radical (unpaired) electrons. The first-order valence-corrected chi connectivity index (χ1v) is 5.77. The van der Waals surface area contributed by atoms with Gasteiger partial charge in [0, 0.05) is 35.1 Å². The maximum Gasteiger partial charge on any atom is 0.129 e. The van der Waals surface area contributed by atoms with Crippen molar-refractivity contribution in [1.29, 1.82) is 0 Å². The van der Waals surface area contributed by atoms with E-state index >= 15 is 0 Å². The molecular weight excluding hydrogens is 255 g/mol. The number of aliphatic hydroxyl groups is 1. The Morgan fingerprint density at radius 2 is 2.17 bits per heavy atom. The molecule has 0 bridgehead atoms. The molecule has 0 saturated carbocycles. The van der Waals surface area contributed by atoms with Crippen LogP contribution in [-0.2, 0) is 6.42 Å². The van der Waals surface area contributed by atoms with Gasteiger partial charge in [-0.2, -0.15) is 0 Å². The molecule has 0 fully saturated rings. The van der Waals surface area contributed by atoms with Crippen molar-refractivity contribution in [1.82, 2.24) is 4.98 Å². The zero-order valence-electron chi connectivity index (χ0n) is 9.48. The maximum absolute atomic E-state index is 13.6. The fourth-order valence-electron chi connectivity index (χ4n) is 1.70. The van der Waals surface area contributed by atoms with Crippen molar-refractivity contribution in [2.45, 2.75) is 12.5 Å². The van der Waals surface area contributed by atoms with Crippen molar-refractivity contribution in [3.8, 4) is 0 Å². The number of anilines is 1. The number of aromatic nitrogens is 1. The lowest BCUT2D eigenvalue weighted by Gasteiger charge is -2.13. The third kappa shape index (κ3) is 2.78. The van der Waals surface area contributed by atoms with Crippen LogP contribution < -0.4 is 5.73 Å². The van der Waals surface area contributed by atoms with Crippen LogP contribution in [0.2, 0.25) is 5.02 Å². The number of hydrogen-bond acceptors (Lipinski definition) is 3. The van der Waals surface area contributed by atoms with Crippen molar-refractivity contribution in [3.05, 3.63) is 58.6 Å². The lowest BCUT2D eigenvalue weighted by atomic mass is 10.0. The third-order valence-electron chi connectivity index (χ3n) is 2.67. The van der Waals surface area contributed by atoms with Crippen molar-refractivity contribution in [2.75, 3.05) is 5.73 Å². The number of halogens is 2. The maximum atomic E-state index is 13.6. The normalized spacial score (nSPS) is 12.4. The summed E-state index contributed by atoms with van der Waals surface area (Å²) >= 11 is 5.78. The Morgan fingerprint density at radius 1 is 1.39 bits per heavy atom. The fourth-order valence-corrected chi connectivity index (χ4v) is 1.88. The van der Waals surface area contributed by atoms with Crippen LogP contribution in [0.25, 0.3) is 0 Å². The van der Waals surface area contributed by atoms with Crippen LogP contribution in [0, 0.1) is 5.82 Å². The molecule has 0 amide bonds. The molecule has 0 aliphatic carbocycles. The fraction of sp³-hybridized carbons (Fsp3) is 0.154. The minimum absolute atomic E-state index is 0.158. The van der Waals surface area contributed by atoms with Gasteiger partial charge in [-0.25, -0.2) is 4.39 Å². The minimum Gasteiger partial charge on any atom is -0.398 e.